The third kappa shape index (κ3) is 6.25. The first-order valence-electron chi connectivity index (χ1n) is 12.1. The number of fused-ring (bicyclic) bond motifs is 1. The van der Waals surface area contributed by atoms with Crippen LogP contribution in [0.5, 0.6) is 0 Å². The molecule has 0 radical (unpaired) electrons. The highest BCUT2D eigenvalue weighted by molar-refractivity contribution is 7.92. The Labute approximate surface area is 235 Å². The third-order valence-corrected chi connectivity index (χ3v) is 7.49. The average molecular weight is 571 g/mol. The number of nitrogens with one attached hydrogen (secondary N) is 2. The summed E-state index contributed by atoms with van der Waals surface area (Å²) in [5.41, 5.74) is 2.79. The molecular formula is C29H23ClN6O3S. The molecule has 0 aliphatic rings. The minimum Gasteiger partial charge on any atom is -0.362 e. The van der Waals surface area contributed by atoms with Crippen LogP contribution in [-0.4, -0.2) is 28.7 Å². The fraction of sp³-hybridized carbons (Fsp3) is 0.0345. The number of carbonyl (C=O) groups is 1. The Kier molecular flexibility index (Phi) is 7.72. The van der Waals surface area contributed by atoms with E-state index in [0.717, 1.165) is 16.3 Å². The van der Waals surface area contributed by atoms with Crippen molar-refractivity contribution in [2.75, 3.05) is 10.0 Å². The molecule has 200 valence electrons. The maximum atomic E-state index is 12.6. The van der Waals surface area contributed by atoms with Crippen LogP contribution in [0.3, 0.4) is 0 Å². The van der Waals surface area contributed by atoms with Crippen LogP contribution < -0.4 is 15.4 Å². The molecule has 5 aromatic rings. The Morgan fingerprint density at radius 2 is 1.70 bits per heavy atom. The Bertz CT molecular complexity index is 1890. The summed E-state index contributed by atoms with van der Waals surface area (Å²) in [5.74, 6) is -0.210. The van der Waals surface area contributed by atoms with Crippen LogP contribution in [-0.2, 0) is 17.1 Å². The lowest BCUT2D eigenvalue weighted by Gasteiger charge is -2.07. The number of benzene rings is 3. The summed E-state index contributed by atoms with van der Waals surface area (Å²) in [6.07, 6.45) is 7.72. The lowest BCUT2D eigenvalue weighted by atomic mass is 10.1. The van der Waals surface area contributed by atoms with Crippen molar-refractivity contribution in [3.63, 3.8) is 0 Å². The molecule has 0 aliphatic heterocycles. The molecule has 0 saturated carbocycles. The summed E-state index contributed by atoms with van der Waals surface area (Å²) in [6.45, 7) is 0. The van der Waals surface area contributed by atoms with Crippen molar-refractivity contribution >= 4 is 55.6 Å². The van der Waals surface area contributed by atoms with E-state index in [4.69, 9.17) is 16.6 Å². The SMILES string of the molecule is Cn1ccc(=Nc2ccc(C(=O)/C=C/Nc3ccc(S(=O)(=O)Nc4ncccn4)cc3)cc2)c2ccc(Cl)cc21. The number of hydrogen-bond acceptors (Lipinski definition) is 7. The first-order valence-corrected chi connectivity index (χ1v) is 13.9. The minimum absolute atomic E-state index is 0.0130. The van der Waals surface area contributed by atoms with Gasteiger partial charge in [0.15, 0.2) is 5.78 Å². The van der Waals surface area contributed by atoms with E-state index in [1.807, 2.05) is 42.1 Å². The second-order valence-corrected chi connectivity index (χ2v) is 10.8. The number of allylic oxidation sites excluding steroid dienone is 1. The summed E-state index contributed by atoms with van der Waals surface area (Å²) >= 11 is 6.15. The van der Waals surface area contributed by atoms with Crippen LogP contribution in [0.25, 0.3) is 10.9 Å². The molecule has 2 heterocycles. The molecule has 0 atom stereocenters. The van der Waals surface area contributed by atoms with Crippen molar-refractivity contribution in [1.29, 1.82) is 0 Å². The van der Waals surface area contributed by atoms with Crippen LogP contribution in [0.15, 0.2) is 120 Å². The minimum atomic E-state index is -3.83. The summed E-state index contributed by atoms with van der Waals surface area (Å²) in [4.78, 5) is 25.2. The Balaban J connectivity index is 1.23. The number of anilines is 2. The van der Waals surface area contributed by atoms with Crippen LogP contribution in [0.2, 0.25) is 5.02 Å². The summed E-state index contributed by atoms with van der Waals surface area (Å²) in [7, 11) is -1.88. The quantitative estimate of drug-likeness (QED) is 0.189. The number of aromatic nitrogens is 3. The molecule has 3 aromatic carbocycles. The molecule has 0 spiro atoms. The molecule has 9 nitrogen and oxygen atoms in total. The largest absolute Gasteiger partial charge is 0.362 e. The van der Waals surface area contributed by atoms with Gasteiger partial charge in [-0.15, -0.1) is 0 Å². The van der Waals surface area contributed by atoms with E-state index in [2.05, 4.69) is 20.0 Å². The molecule has 40 heavy (non-hydrogen) atoms. The van der Waals surface area contributed by atoms with Crippen molar-refractivity contribution in [2.24, 2.45) is 12.0 Å². The normalized spacial score (nSPS) is 12.1. The van der Waals surface area contributed by atoms with Gasteiger partial charge in [0.05, 0.1) is 21.5 Å². The number of nitrogens with zero attached hydrogens (tertiary/aromatic N) is 4. The number of aryl methyl sites for hydroxylation is 1. The van der Waals surface area contributed by atoms with E-state index >= 15 is 0 Å². The molecule has 0 aliphatic carbocycles. The van der Waals surface area contributed by atoms with Crippen molar-refractivity contribution in [3.8, 4) is 0 Å². The van der Waals surface area contributed by atoms with Crippen molar-refractivity contribution in [3.05, 3.63) is 126 Å². The van der Waals surface area contributed by atoms with E-state index in [0.29, 0.717) is 22.0 Å². The van der Waals surface area contributed by atoms with Crippen LogP contribution in [0.1, 0.15) is 10.4 Å². The molecule has 0 bridgehead atoms. The smallest absolute Gasteiger partial charge is 0.264 e. The maximum Gasteiger partial charge on any atom is 0.264 e. The fourth-order valence-electron chi connectivity index (χ4n) is 3.87. The molecular weight excluding hydrogens is 548 g/mol. The zero-order valence-corrected chi connectivity index (χ0v) is 22.8. The van der Waals surface area contributed by atoms with E-state index in [1.165, 1.54) is 36.8 Å². The zero-order chi connectivity index (χ0) is 28.1. The van der Waals surface area contributed by atoms with Gasteiger partial charge in [0, 0.05) is 59.6 Å². The second kappa shape index (κ2) is 11.5. The highest BCUT2D eigenvalue weighted by atomic mass is 35.5. The van der Waals surface area contributed by atoms with Crippen molar-refractivity contribution in [1.82, 2.24) is 14.5 Å². The predicted molar refractivity (Wildman–Crippen MR) is 156 cm³/mol. The molecule has 0 fully saturated rings. The fourth-order valence-corrected chi connectivity index (χ4v) is 5.00. The third-order valence-electron chi connectivity index (χ3n) is 5.91. The predicted octanol–water partition coefficient (Wildman–Crippen LogP) is 5.46. The van der Waals surface area contributed by atoms with Gasteiger partial charge < -0.3 is 9.88 Å². The topological polar surface area (TPSA) is 118 Å². The van der Waals surface area contributed by atoms with Crippen molar-refractivity contribution in [2.45, 2.75) is 4.90 Å². The molecule has 0 unspecified atom stereocenters. The summed E-state index contributed by atoms with van der Waals surface area (Å²) < 4.78 is 29.3. The first kappa shape index (κ1) is 26.8. The monoisotopic (exact) mass is 570 g/mol. The Morgan fingerprint density at radius 1 is 0.975 bits per heavy atom. The molecule has 2 N–H and O–H groups in total. The summed E-state index contributed by atoms with van der Waals surface area (Å²) in [6, 6.07) is 22.3. The number of hydrogen-bond donors (Lipinski definition) is 2. The molecule has 5 rings (SSSR count). The van der Waals surface area contributed by atoms with Crippen LogP contribution in [0.4, 0.5) is 17.3 Å². The van der Waals surface area contributed by atoms with Gasteiger partial charge in [0.2, 0.25) is 5.95 Å². The van der Waals surface area contributed by atoms with Gasteiger partial charge >= 0.3 is 0 Å². The second-order valence-electron chi connectivity index (χ2n) is 8.68. The number of rotatable bonds is 8. The van der Waals surface area contributed by atoms with Gasteiger partial charge in [0.25, 0.3) is 10.0 Å². The van der Waals surface area contributed by atoms with E-state index < -0.39 is 10.0 Å². The molecule has 0 saturated heterocycles. The maximum absolute atomic E-state index is 12.6. The lowest BCUT2D eigenvalue weighted by molar-refractivity contribution is 0.104. The van der Waals surface area contributed by atoms with Crippen LogP contribution >= 0.6 is 11.6 Å². The number of carbonyl (C=O) groups excluding carboxylic acids is 1. The zero-order valence-electron chi connectivity index (χ0n) is 21.2. The molecule has 0 amide bonds. The lowest BCUT2D eigenvalue weighted by Crippen LogP contribution is -2.14. The van der Waals surface area contributed by atoms with Gasteiger partial charge in [0.1, 0.15) is 0 Å². The highest BCUT2D eigenvalue weighted by Gasteiger charge is 2.15. The first-order chi connectivity index (χ1) is 19.3. The van der Waals surface area contributed by atoms with Gasteiger partial charge in [-0.05, 0) is 78.9 Å². The van der Waals surface area contributed by atoms with E-state index in [-0.39, 0.29) is 16.6 Å². The highest BCUT2D eigenvalue weighted by Crippen LogP contribution is 2.19. The number of pyridine rings is 1. The Morgan fingerprint density at radius 3 is 2.42 bits per heavy atom. The molecule has 2 aromatic heterocycles. The Hall–Kier alpha value is -4.80. The number of ketones is 1. The number of halogens is 1. The summed E-state index contributed by atoms with van der Waals surface area (Å²) in [5, 5.41) is 5.40. The van der Waals surface area contributed by atoms with Gasteiger partial charge in [-0.1, -0.05) is 11.6 Å². The standard InChI is InChI=1S/C29H23ClN6O3S/c1-36-18-14-26(25-12-5-21(30)19-27(25)36)34-23-6-3-20(4-7-23)28(37)13-17-31-22-8-10-24(11-9-22)40(38,39)35-29-32-15-2-16-33-29/h2-19,31H,1H3,(H,32,33,35)/b17-13+,34-26?. The average Bonchev–Trinajstić information content (AvgIpc) is 2.95. The van der Waals surface area contributed by atoms with Gasteiger partial charge in [-0.3, -0.25) is 4.79 Å². The van der Waals surface area contributed by atoms with Crippen LogP contribution in [0, 0.1) is 0 Å². The molecule has 11 heteroatoms. The van der Waals surface area contributed by atoms with Gasteiger partial charge in [-0.2, -0.15) is 0 Å². The van der Waals surface area contributed by atoms with E-state index in [9.17, 15) is 13.2 Å². The number of sulfonamides is 1. The van der Waals surface area contributed by atoms with E-state index in [1.54, 1.807) is 42.5 Å². The van der Waals surface area contributed by atoms with Crippen molar-refractivity contribution < 1.29 is 13.2 Å². The van der Waals surface area contributed by atoms with Gasteiger partial charge in [-0.25, -0.2) is 28.1 Å².